The minimum atomic E-state index is 0.138. The van der Waals surface area contributed by atoms with Crippen LogP contribution in [0.4, 0.5) is 0 Å². The molecule has 7 heteroatoms. The Morgan fingerprint density at radius 1 is 0.326 bits per heavy atom. The highest BCUT2D eigenvalue weighted by molar-refractivity contribution is 5.82. The van der Waals surface area contributed by atoms with Crippen LogP contribution in [0.25, 0.3) is 67.8 Å². The summed E-state index contributed by atoms with van der Waals surface area (Å²) in [6.45, 7) is 0. The number of aromatic nitrogens is 6. The van der Waals surface area contributed by atoms with Crippen LogP contribution in [-0.4, -0.2) is 35.0 Å². The third-order valence-electron chi connectivity index (χ3n) is 6.94. The Bertz CT molecular complexity index is 1760. The van der Waals surface area contributed by atoms with E-state index in [9.17, 15) is 5.11 Å². The maximum atomic E-state index is 11.0. The lowest BCUT2D eigenvalue weighted by Crippen LogP contribution is -1.95. The monoisotopic (exact) mass is 556 g/mol. The quantitative estimate of drug-likeness (QED) is 0.223. The van der Waals surface area contributed by atoms with E-state index in [1.165, 1.54) is 0 Å². The maximum Gasteiger partial charge on any atom is 0.116 e. The molecule has 7 rings (SSSR count). The zero-order valence-electron chi connectivity index (χ0n) is 22.9. The lowest BCUT2D eigenvalue weighted by Gasteiger charge is -2.13. The number of rotatable bonds is 6. The van der Waals surface area contributed by atoms with Gasteiger partial charge >= 0.3 is 0 Å². The number of pyridine rings is 6. The second kappa shape index (κ2) is 11.4. The largest absolute Gasteiger partial charge is 0.508 e. The summed E-state index contributed by atoms with van der Waals surface area (Å²) in [6, 6.07) is 36.5. The molecule has 43 heavy (non-hydrogen) atoms. The van der Waals surface area contributed by atoms with Gasteiger partial charge in [-0.2, -0.15) is 0 Å². The molecule has 0 aliphatic carbocycles. The molecule has 7 nitrogen and oxygen atoms in total. The van der Waals surface area contributed by atoms with E-state index in [1.54, 1.807) is 36.9 Å². The minimum Gasteiger partial charge on any atom is -0.508 e. The van der Waals surface area contributed by atoms with Crippen LogP contribution >= 0.6 is 0 Å². The molecule has 0 unspecified atom stereocenters. The van der Waals surface area contributed by atoms with Crippen LogP contribution in [0.3, 0.4) is 0 Å². The smallest absolute Gasteiger partial charge is 0.116 e. The van der Waals surface area contributed by atoms with Gasteiger partial charge in [0.2, 0.25) is 0 Å². The van der Waals surface area contributed by atoms with Gasteiger partial charge in [0.05, 0.1) is 45.6 Å². The average Bonchev–Trinajstić information content (AvgIpc) is 3.09. The molecule has 0 saturated heterocycles. The van der Waals surface area contributed by atoms with Crippen molar-refractivity contribution in [3.05, 3.63) is 140 Å². The first kappa shape index (κ1) is 25.9. The SMILES string of the molecule is Oc1cc(-c2cc(-c3ccccn3)nc(-c3ccccn3)c2)cc(-c2cc(-c3ccccn3)nc(-c3ccccn3)c2)c1. The van der Waals surface area contributed by atoms with Gasteiger partial charge in [0, 0.05) is 24.8 Å². The summed E-state index contributed by atoms with van der Waals surface area (Å²) in [5.74, 6) is 0.138. The van der Waals surface area contributed by atoms with E-state index in [4.69, 9.17) is 9.97 Å². The van der Waals surface area contributed by atoms with Gasteiger partial charge in [-0.05, 0) is 113 Å². The van der Waals surface area contributed by atoms with Gasteiger partial charge in [-0.25, -0.2) is 9.97 Å². The van der Waals surface area contributed by atoms with Gasteiger partial charge in [0.15, 0.2) is 0 Å². The second-order valence-corrected chi connectivity index (χ2v) is 9.88. The van der Waals surface area contributed by atoms with Crippen molar-refractivity contribution in [2.24, 2.45) is 0 Å². The van der Waals surface area contributed by atoms with E-state index in [0.29, 0.717) is 22.8 Å². The van der Waals surface area contributed by atoms with Gasteiger partial charge in [-0.3, -0.25) is 19.9 Å². The van der Waals surface area contributed by atoms with E-state index < -0.39 is 0 Å². The predicted octanol–water partition coefficient (Wildman–Crippen LogP) is 7.76. The molecule has 0 spiro atoms. The van der Waals surface area contributed by atoms with Crippen molar-refractivity contribution in [1.29, 1.82) is 0 Å². The zero-order chi connectivity index (χ0) is 29.0. The highest BCUT2D eigenvalue weighted by Gasteiger charge is 2.15. The van der Waals surface area contributed by atoms with Crippen molar-refractivity contribution >= 4 is 0 Å². The Hall–Kier alpha value is -6.08. The summed E-state index contributed by atoms with van der Waals surface area (Å²) in [5.41, 5.74) is 9.22. The van der Waals surface area contributed by atoms with Gasteiger partial charge < -0.3 is 5.11 Å². The fraction of sp³-hybridized carbons (Fsp3) is 0. The third-order valence-corrected chi connectivity index (χ3v) is 6.94. The van der Waals surface area contributed by atoms with Crippen molar-refractivity contribution in [3.63, 3.8) is 0 Å². The molecule has 0 atom stereocenters. The third kappa shape index (κ3) is 5.60. The van der Waals surface area contributed by atoms with Crippen molar-refractivity contribution < 1.29 is 5.11 Å². The summed E-state index contributed by atoms with van der Waals surface area (Å²) in [5, 5.41) is 11.0. The van der Waals surface area contributed by atoms with Gasteiger partial charge in [-0.1, -0.05) is 24.3 Å². The van der Waals surface area contributed by atoms with Crippen LogP contribution in [0, 0.1) is 0 Å². The van der Waals surface area contributed by atoms with Crippen LogP contribution in [0.2, 0.25) is 0 Å². The van der Waals surface area contributed by atoms with Crippen LogP contribution < -0.4 is 0 Å². The summed E-state index contributed by atoms with van der Waals surface area (Å²) in [7, 11) is 0. The molecule has 6 heterocycles. The molecule has 0 saturated carbocycles. The maximum absolute atomic E-state index is 11.0. The predicted molar refractivity (Wildman–Crippen MR) is 167 cm³/mol. The summed E-state index contributed by atoms with van der Waals surface area (Å²) < 4.78 is 0. The Balaban J connectivity index is 1.40. The van der Waals surface area contributed by atoms with Crippen molar-refractivity contribution in [1.82, 2.24) is 29.9 Å². The fourth-order valence-electron chi connectivity index (χ4n) is 4.92. The van der Waals surface area contributed by atoms with Crippen LogP contribution in [0.1, 0.15) is 0 Å². The van der Waals surface area contributed by atoms with E-state index in [0.717, 1.165) is 45.0 Å². The highest BCUT2D eigenvalue weighted by Crippen LogP contribution is 2.36. The Kier molecular flexibility index (Phi) is 6.87. The molecular formula is C36H24N6O. The number of benzene rings is 1. The lowest BCUT2D eigenvalue weighted by molar-refractivity contribution is 0.476. The van der Waals surface area contributed by atoms with Crippen molar-refractivity contribution in [2.75, 3.05) is 0 Å². The lowest BCUT2D eigenvalue weighted by atomic mass is 9.96. The number of nitrogens with zero attached hydrogens (tertiary/aromatic N) is 6. The Labute approximate surface area is 248 Å². The number of aromatic hydroxyl groups is 1. The highest BCUT2D eigenvalue weighted by atomic mass is 16.3. The summed E-state index contributed by atoms with van der Waals surface area (Å²) in [4.78, 5) is 27.9. The van der Waals surface area contributed by atoms with Crippen LogP contribution in [0.15, 0.2) is 140 Å². The van der Waals surface area contributed by atoms with E-state index in [-0.39, 0.29) is 5.75 Å². The molecule has 0 amide bonds. The first-order valence-electron chi connectivity index (χ1n) is 13.7. The van der Waals surface area contributed by atoms with Gasteiger partial charge in [0.1, 0.15) is 5.75 Å². The van der Waals surface area contributed by atoms with Gasteiger partial charge in [-0.15, -0.1) is 0 Å². The molecule has 204 valence electrons. The molecular weight excluding hydrogens is 532 g/mol. The molecule has 6 aromatic heterocycles. The standard InChI is InChI=1S/C36H24N6O/c43-28-18-24(26-20-33(29-9-1-5-13-37-29)41-34(21-26)30-10-2-6-14-38-30)17-25(19-28)27-22-35(31-11-3-7-15-39-31)42-36(23-27)32-12-4-8-16-40-32/h1-23,43H. The van der Waals surface area contributed by atoms with Crippen LogP contribution in [-0.2, 0) is 0 Å². The first-order chi connectivity index (χ1) is 21.2. The van der Waals surface area contributed by atoms with Crippen molar-refractivity contribution in [2.45, 2.75) is 0 Å². The Morgan fingerprint density at radius 2 is 0.628 bits per heavy atom. The number of hydrogen-bond donors (Lipinski definition) is 1. The Morgan fingerprint density at radius 3 is 0.907 bits per heavy atom. The van der Waals surface area contributed by atoms with E-state index in [2.05, 4.69) is 26.0 Å². The molecule has 0 fully saturated rings. The molecule has 1 aromatic carbocycles. The topological polar surface area (TPSA) is 97.6 Å². The van der Waals surface area contributed by atoms with E-state index in [1.807, 2.05) is 97.1 Å². The number of phenols is 1. The fourth-order valence-corrected chi connectivity index (χ4v) is 4.92. The normalized spacial score (nSPS) is 10.9. The molecule has 0 aliphatic rings. The summed E-state index contributed by atoms with van der Waals surface area (Å²) >= 11 is 0. The van der Waals surface area contributed by atoms with Crippen LogP contribution in [0.5, 0.6) is 5.75 Å². The number of phenolic OH excluding ortho intramolecular Hbond substituents is 1. The molecule has 0 bridgehead atoms. The van der Waals surface area contributed by atoms with Gasteiger partial charge in [0.25, 0.3) is 0 Å². The van der Waals surface area contributed by atoms with E-state index >= 15 is 0 Å². The van der Waals surface area contributed by atoms with Crippen molar-refractivity contribution in [3.8, 4) is 73.6 Å². The molecule has 7 aromatic rings. The summed E-state index contributed by atoms with van der Waals surface area (Å²) in [6.07, 6.45) is 6.99. The molecule has 0 radical (unpaired) electrons. The molecule has 1 N–H and O–H groups in total. The average molecular weight is 557 g/mol. The zero-order valence-corrected chi connectivity index (χ0v) is 22.9. The number of hydrogen-bond acceptors (Lipinski definition) is 7. The first-order valence-corrected chi connectivity index (χ1v) is 13.7. The second-order valence-electron chi connectivity index (χ2n) is 9.88. The minimum absolute atomic E-state index is 0.138. The molecule has 0 aliphatic heterocycles.